The Labute approximate surface area is 546 Å². The number of aliphatic hydroxyl groups excluding tert-OH is 7. The third-order valence-corrected chi connectivity index (χ3v) is 18.1. The molecule has 0 radical (unpaired) electrons. The molecule has 0 aromatic rings. The summed E-state index contributed by atoms with van der Waals surface area (Å²) in [5.41, 5.74) is 0. The van der Waals surface area contributed by atoms with E-state index in [0.29, 0.717) is 38.5 Å². The van der Waals surface area contributed by atoms with Crippen LogP contribution >= 0.6 is 7.82 Å². The minimum Gasteiger partial charge on any atom is -0.457 e. The molecule has 2 rings (SSSR count). The molecule has 23 heteroatoms. The van der Waals surface area contributed by atoms with E-state index in [9.17, 15) is 69.3 Å². The van der Waals surface area contributed by atoms with E-state index in [2.05, 4.69) is 38.3 Å². The molecule has 2 aliphatic rings. The third-order valence-electron chi connectivity index (χ3n) is 17.6. The number of rotatable bonds is 58. The maximum absolute atomic E-state index is 13.9. The van der Waals surface area contributed by atoms with Crippen molar-refractivity contribution in [2.75, 3.05) is 13.2 Å². The van der Waals surface area contributed by atoms with Crippen molar-refractivity contribution in [3.63, 3.8) is 0 Å². The SMILES string of the molecule is CCCCCCCCCCC[C@@H](O)CC(=O)N[C@H]1C(OC(=O)C[C@H](O)CCCCCCCCCCC)[C@H](O)C(CO)O[C@H]1OCC1O[C@H](OP(=O)(O)O)[C@@H](NC(=O)C[C@H](O)CCCCCCCCCCC)C(OC(=O)C[C@H](O)CCCCCCCCCCC)[C@@H]1O. The fraction of sp³-hybridized carbons (Fsp3) is 0.941. The molecule has 2 saturated heterocycles. The first-order valence-electron chi connectivity index (χ1n) is 36.1. The van der Waals surface area contributed by atoms with Crippen molar-refractivity contribution in [1.82, 2.24) is 10.6 Å². The summed E-state index contributed by atoms with van der Waals surface area (Å²) in [4.78, 5) is 75.5. The van der Waals surface area contributed by atoms with Crippen LogP contribution in [0.5, 0.6) is 0 Å². The number of phosphoric acid groups is 1. The highest BCUT2D eigenvalue weighted by atomic mass is 31.2. The zero-order valence-corrected chi connectivity index (χ0v) is 57.5. The van der Waals surface area contributed by atoms with Gasteiger partial charge in [0.1, 0.15) is 36.5 Å². The molecule has 536 valence electrons. The van der Waals surface area contributed by atoms with Crippen molar-refractivity contribution in [2.45, 2.75) is 396 Å². The second-order valence-electron chi connectivity index (χ2n) is 26.2. The first-order valence-corrected chi connectivity index (χ1v) is 37.6. The lowest BCUT2D eigenvalue weighted by atomic mass is 9.95. The molecule has 14 atom stereocenters. The Morgan fingerprint density at radius 1 is 0.418 bits per heavy atom. The molecule has 0 aliphatic carbocycles. The molecular formula is C68H129N2O20P. The number of carbonyl (C=O) groups excluding carboxylic acids is 4. The Hall–Kier alpha value is -2.41. The van der Waals surface area contributed by atoms with Gasteiger partial charge in [-0.3, -0.25) is 23.7 Å². The van der Waals surface area contributed by atoms with Crippen molar-refractivity contribution in [2.24, 2.45) is 0 Å². The maximum Gasteiger partial charge on any atom is 0.472 e. The fourth-order valence-electron chi connectivity index (χ4n) is 12.1. The van der Waals surface area contributed by atoms with E-state index >= 15 is 0 Å². The van der Waals surface area contributed by atoms with E-state index in [-0.39, 0.29) is 12.8 Å². The summed E-state index contributed by atoms with van der Waals surface area (Å²) in [6, 6.07) is -3.44. The van der Waals surface area contributed by atoms with Gasteiger partial charge in [0.05, 0.1) is 63.3 Å². The number of hydrogen-bond donors (Lipinski definition) is 11. The predicted octanol–water partition coefficient (Wildman–Crippen LogP) is 10.8. The molecule has 0 aromatic heterocycles. The summed E-state index contributed by atoms with van der Waals surface area (Å²) in [7, 11) is -5.54. The minimum atomic E-state index is -5.54. The van der Waals surface area contributed by atoms with Gasteiger partial charge >= 0.3 is 19.8 Å². The summed E-state index contributed by atoms with van der Waals surface area (Å²) in [5.74, 6) is -3.62. The molecule has 0 bridgehead atoms. The Balaban J connectivity index is 2.43. The van der Waals surface area contributed by atoms with Gasteiger partial charge in [-0.15, -0.1) is 0 Å². The number of aliphatic hydroxyl groups is 7. The van der Waals surface area contributed by atoms with E-state index in [4.69, 9.17) is 28.2 Å². The monoisotopic (exact) mass is 1320 g/mol. The summed E-state index contributed by atoms with van der Waals surface area (Å²) < 4.78 is 47.5. The molecule has 4 unspecified atom stereocenters. The van der Waals surface area contributed by atoms with Gasteiger partial charge in [-0.25, -0.2) is 4.57 Å². The summed E-state index contributed by atoms with van der Waals surface area (Å²) >= 11 is 0. The van der Waals surface area contributed by atoms with Gasteiger partial charge in [-0.1, -0.05) is 259 Å². The number of carbonyl (C=O) groups is 4. The highest BCUT2D eigenvalue weighted by molar-refractivity contribution is 7.46. The molecule has 0 saturated carbocycles. The van der Waals surface area contributed by atoms with Crippen LogP contribution in [0.4, 0.5) is 0 Å². The van der Waals surface area contributed by atoms with Crippen molar-refractivity contribution in [3.05, 3.63) is 0 Å². The van der Waals surface area contributed by atoms with Crippen molar-refractivity contribution in [3.8, 4) is 0 Å². The van der Waals surface area contributed by atoms with E-state index < -0.39 is 156 Å². The number of phosphoric ester groups is 1. The Kier molecular flexibility index (Phi) is 49.1. The van der Waals surface area contributed by atoms with E-state index in [1.54, 1.807) is 0 Å². The molecule has 2 amide bonds. The van der Waals surface area contributed by atoms with Gasteiger partial charge < -0.3 is 79.9 Å². The number of nitrogens with one attached hydrogen (secondary N) is 2. The lowest BCUT2D eigenvalue weighted by Gasteiger charge is -2.46. The van der Waals surface area contributed by atoms with Crippen molar-refractivity contribution >= 4 is 31.6 Å². The number of ether oxygens (including phenoxy) is 5. The molecule has 2 fully saturated rings. The topological polar surface area (TPSA) is 347 Å². The fourth-order valence-corrected chi connectivity index (χ4v) is 12.6. The smallest absolute Gasteiger partial charge is 0.457 e. The van der Waals surface area contributed by atoms with Crippen molar-refractivity contribution < 1.29 is 97.5 Å². The minimum absolute atomic E-state index is 0.246. The van der Waals surface area contributed by atoms with Crippen molar-refractivity contribution in [1.29, 1.82) is 0 Å². The number of hydrogen-bond acceptors (Lipinski definition) is 18. The van der Waals surface area contributed by atoms with Gasteiger partial charge in [0, 0.05) is 0 Å². The van der Waals surface area contributed by atoms with Crippen LogP contribution in [0.1, 0.15) is 310 Å². The molecule has 11 N–H and O–H groups in total. The van der Waals surface area contributed by atoms with E-state index in [0.717, 1.165) is 135 Å². The number of amides is 2. The van der Waals surface area contributed by atoms with Crippen LogP contribution in [0, 0.1) is 0 Å². The first kappa shape index (κ1) is 84.7. The maximum atomic E-state index is 13.9. The van der Waals surface area contributed by atoms with Crippen LogP contribution in [-0.4, -0.2) is 168 Å². The summed E-state index contributed by atoms with van der Waals surface area (Å²) in [5, 5.41) is 83.4. The Morgan fingerprint density at radius 3 is 1.00 bits per heavy atom. The lowest BCUT2D eigenvalue weighted by Crippen LogP contribution is -2.67. The molecule has 0 aromatic carbocycles. The molecule has 91 heavy (non-hydrogen) atoms. The Bertz CT molecular complexity index is 1890. The molecular weight excluding hydrogens is 1200 g/mol. The van der Waals surface area contributed by atoms with Crippen LogP contribution in [-0.2, 0) is 52.0 Å². The van der Waals surface area contributed by atoms with Crippen LogP contribution in [0.3, 0.4) is 0 Å². The molecule has 0 spiro atoms. The molecule has 2 aliphatic heterocycles. The lowest BCUT2D eigenvalue weighted by molar-refractivity contribution is -0.298. The van der Waals surface area contributed by atoms with Crippen LogP contribution in [0.15, 0.2) is 0 Å². The molecule has 2 heterocycles. The predicted molar refractivity (Wildman–Crippen MR) is 349 cm³/mol. The summed E-state index contributed by atoms with van der Waals surface area (Å²) in [6.07, 6.45) is 17.3. The zero-order chi connectivity index (χ0) is 67.1. The largest absolute Gasteiger partial charge is 0.472 e. The standard InChI is InChI=1S/C68H129N2O20P/c1-5-9-13-17-21-25-29-33-37-41-51(72)45-57(76)69-61-65(88-59(78)47-53(74)43-39-35-31-27-23-19-15-11-7-3)63(80)55(49-71)86-67(61)85-50-56-64(81)66(89-60(79)48-54(75)44-40-36-32-28-24-20-16-12-8-4)62(68(87-56)90-91(82,83)84)70-58(77)46-52(73)42-38-34-30-26-22-18-14-10-6-2/h51-56,61-68,71-75,80-81H,5-50H2,1-4H3,(H,69,76)(H,70,77)(H2,82,83,84)/t51-,52-,53-,54-,55?,56?,61+,62+,63-,64-,65?,66?,67-,68-/m1/s1. The highest BCUT2D eigenvalue weighted by Crippen LogP contribution is 2.41. The normalized spacial score (nSPS) is 23.3. The van der Waals surface area contributed by atoms with Crippen LogP contribution in [0.2, 0.25) is 0 Å². The second-order valence-corrected chi connectivity index (χ2v) is 27.4. The second kappa shape index (κ2) is 52.7. The average molecular weight is 1330 g/mol. The average Bonchev–Trinajstić information content (AvgIpc) is 1.64. The Morgan fingerprint density at radius 2 is 0.692 bits per heavy atom. The van der Waals surface area contributed by atoms with Gasteiger partial charge in [0.2, 0.25) is 11.8 Å². The van der Waals surface area contributed by atoms with Gasteiger partial charge in [0.25, 0.3) is 0 Å². The van der Waals surface area contributed by atoms with Gasteiger partial charge in [-0.05, 0) is 25.7 Å². The highest BCUT2D eigenvalue weighted by Gasteiger charge is 2.53. The van der Waals surface area contributed by atoms with Crippen LogP contribution < -0.4 is 10.6 Å². The molecule has 22 nitrogen and oxygen atoms in total. The summed E-state index contributed by atoms with van der Waals surface area (Å²) in [6.45, 7) is 6.95. The number of unbranched alkanes of at least 4 members (excludes halogenated alkanes) is 32. The third kappa shape index (κ3) is 40.7. The van der Waals surface area contributed by atoms with E-state index in [1.807, 2.05) is 0 Å². The van der Waals surface area contributed by atoms with Gasteiger partial charge in [-0.2, -0.15) is 0 Å². The zero-order valence-electron chi connectivity index (χ0n) is 56.6. The number of esters is 2. The van der Waals surface area contributed by atoms with Gasteiger partial charge in [0.15, 0.2) is 24.8 Å². The quantitative estimate of drug-likeness (QED) is 0.0153. The van der Waals surface area contributed by atoms with E-state index in [1.165, 1.54) is 70.6 Å². The first-order chi connectivity index (χ1) is 43.8. The van der Waals surface area contributed by atoms with Crippen LogP contribution in [0.25, 0.3) is 0 Å².